The Morgan fingerprint density at radius 2 is 2.07 bits per heavy atom. The molecule has 1 aliphatic rings. The lowest BCUT2D eigenvalue weighted by Crippen LogP contribution is -2.43. The van der Waals surface area contributed by atoms with Gasteiger partial charge in [-0.1, -0.05) is 0 Å². The molecule has 1 heterocycles. The number of nitrogens with one attached hydrogen (secondary N) is 2. The molecule has 0 unspecified atom stereocenters. The van der Waals surface area contributed by atoms with Crippen LogP contribution in [0.1, 0.15) is 6.42 Å². The van der Waals surface area contributed by atoms with Crippen molar-refractivity contribution in [1.82, 2.24) is 5.32 Å². The Hall–Kier alpha value is -1.55. The zero-order valence-corrected chi connectivity index (χ0v) is 8.36. The fourth-order valence-corrected chi connectivity index (χ4v) is 1.51. The Morgan fingerprint density at radius 3 is 2.60 bits per heavy atom. The van der Waals surface area contributed by atoms with E-state index in [-0.39, 0.29) is 11.7 Å². The minimum absolute atomic E-state index is 0.0344. The van der Waals surface area contributed by atoms with E-state index in [4.69, 9.17) is 5.11 Å². The molecule has 0 spiro atoms. The molecule has 1 amide bonds. The first kappa shape index (κ1) is 9.98. The quantitative estimate of drug-likeness (QED) is 0.645. The van der Waals surface area contributed by atoms with Crippen LogP contribution in [0.2, 0.25) is 0 Å². The smallest absolute Gasteiger partial charge is 0.224 e. The van der Waals surface area contributed by atoms with E-state index in [1.54, 1.807) is 24.3 Å². The second kappa shape index (κ2) is 4.31. The minimum atomic E-state index is 0.0344. The molecule has 0 aliphatic carbocycles. The maximum absolute atomic E-state index is 11.5. The predicted octanol–water partition coefficient (Wildman–Crippen LogP) is 0.940. The van der Waals surface area contributed by atoms with E-state index < -0.39 is 0 Å². The maximum Gasteiger partial charge on any atom is 0.224 e. The molecule has 80 valence electrons. The molecule has 0 saturated carbocycles. The molecule has 0 atom stereocenters. The zero-order valence-electron chi connectivity index (χ0n) is 8.36. The van der Waals surface area contributed by atoms with Crippen LogP contribution in [0.25, 0.3) is 0 Å². The van der Waals surface area contributed by atoms with Gasteiger partial charge in [-0.05, 0) is 43.3 Å². The molecule has 0 aromatic heterocycles. The van der Waals surface area contributed by atoms with Crippen molar-refractivity contribution in [2.24, 2.45) is 5.92 Å². The lowest BCUT2D eigenvalue weighted by molar-refractivity contribution is -0.117. The van der Waals surface area contributed by atoms with Crippen molar-refractivity contribution in [3.63, 3.8) is 0 Å². The summed E-state index contributed by atoms with van der Waals surface area (Å²) in [4.78, 5) is 11.5. The van der Waals surface area contributed by atoms with Crippen molar-refractivity contribution < 1.29 is 9.90 Å². The molecule has 2 rings (SSSR count). The largest absolute Gasteiger partial charge is 0.508 e. The molecule has 1 saturated heterocycles. The molecule has 3 N–H and O–H groups in total. The number of rotatable bonds is 3. The van der Waals surface area contributed by atoms with Gasteiger partial charge in [-0.2, -0.15) is 0 Å². The van der Waals surface area contributed by atoms with Crippen molar-refractivity contribution >= 4 is 11.6 Å². The second-order valence-corrected chi connectivity index (χ2v) is 3.82. The normalized spacial score (nSPS) is 15.7. The molecular formula is C11H14N2O2. The number of anilines is 1. The van der Waals surface area contributed by atoms with E-state index in [2.05, 4.69) is 10.6 Å². The van der Waals surface area contributed by atoms with Gasteiger partial charge in [-0.15, -0.1) is 0 Å². The van der Waals surface area contributed by atoms with E-state index in [0.717, 1.165) is 18.8 Å². The van der Waals surface area contributed by atoms with Crippen LogP contribution in [0.4, 0.5) is 5.69 Å². The molecule has 1 aliphatic heterocycles. The summed E-state index contributed by atoms with van der Waals surface area (Å²) in [6, 6.07) is 6.49. The Balaban J connectivity index is 1.84. The first-order valence-corrected chi connectivity index (χ1v) is 5.03. The number of carbonyl (C=O) groups excluding carboxylic acids is 1. The van der Waals surface area contributed by atoms with Gasteiger partial charge in [-0.25, -0.2) is 0 Å². The van der Waals surface area contributed by atoms with Crippen LogP contribution in [-0.4, -0.2) is 24.1 Å². The minimum Gasteiger partial charge on any atom is -0.508 e. The topological polar surface area (TPSA) is 61.4 Å². The van der Waals surface area contributed by atoms with Crippen molar-refractivity contribution in [3.05, 3.63) is 24.3 Å². The highest BCUT2D eigenvalue weighted by Crippen LogP contribution is 2.15. The van der Waals surface area contributed by atoms with Gasteiger partial charge in [-0.3, -0.25) is 4.79 Å². The number of aromatic hydroxyl groups is 1. The fourth-order valence-electron chi connectivity index (χ4n) is 1.51. The molecule has 0 bridgehead atoms. The van der Waals surface area contributed by atoms with Gasteiger partial charge in [0, 0.05) is 12.1 Å². The summed E-state index contributed by atoms with van der Waals surface area (Å²) in [5.41, 5.74) is 0.727. The maximum atomic E-state index is 11.5. The first-order chi connectivity index (χ1) is 7.24. The molecule has 4 heteroatoms. The molecule has 1 fully saturated rings. The summed E-state index contributed by atoms with van der Waals surface area (Å²) < 4.78 is 0. The third-order valence-corrected chi connectivity index (χ3v) is 2.49. The average molecular weight is 206 g/mol. The SMILES string of the molecule is O=C(CC1CNC1)Nc1ccc(O)cc1. The van der Waals surface area contributed by atoms with E-state index in [1.165, 1.54) is 0 Å². The average Bonchev–Trinajstić information content (AvgIpc) is 2.16. The van der Waals surface area contributed by atoms with Crippen LogP contribution in [0.3, 0.4) is 0 Å². The third kappa shape index (κ3) is 2.70. The van der Waals surface area contributed by atoms with E-state index >= 15 is 0 Å². The van der Waals surface area contributed by atoms with Crippen LogP contribution in [-0.2, 0) is 4.79 Å². The molecule has 0 radical (unpaired) electrons. The van der Waals surface area contributed by atoms with Crippen molar-refractivity contribution in [3.8, 4) is 5.75 Å². The number of amides is 1. The van der Waals surface area contributed by atoms with Gasteiger partial charge in [0.15, 0.2) is 0 Å². The summed E-state index contributed by atoms with van der Waals surface area (Å²) in [5.74, 6) is 0.713. The van der Waals surface area contributed by atoms with Crippen LogP contribution >= 0.6 is 0 Å². The number of phenolic OH excluding ortho intramolecular Hbond substituents is 1. The lowest BCUT2D eigenvalue weighted by Gasteiger charge is -2.26. The van der Waals surface area contributed by atoms with Gasteiger partial charge in [0.25, 0.3) is 0 Å². The van der Waals surface area contributed by atoms with Crippen molar-refractivity contribution in [1.29, 1.82) is 0 Å². The standard InChI is InChI=1S/C11H14N2O2/c14-10-3-1-9(2-4-10)13-11(15)5-8-6-12-7-8/h1-4,8,12,14H,5-7H2,(H,13,15). The predicted molar refractivity (Wildman–Crippen MR) is 57.7 cm³/mol. The van der Waals surface area contributed by atoms with E-state index in [0.29, 0.717) is 12.3 Å². The molecular weight excluding hydrogens is 192 g/mol. The van der Waals surface area contributed by atoms with Crippen molar-refractivity contribution in [2.45, 2.75) is 6.42 Å². The number of hydrogen-bond donors (Lipinski definition) is 3. The summed E-state index contributed by atoms with van der Waals surface area (Å²) >= 11 is 0. The molecule has 1 aromatic carbocycles. The van der Waals surface area contributed by atoms with Crippen LogP contribution < -0.4 is 10.6 Å². The van der Waals surface area contributed by atoms with Gasteiger partial charge in [0.2, 0.25) is 5.91 Å². The van der Waals surface area contributed by atoms with Gasteiger partial charge < -0.3 is 15.7 Å². The van der Waals surface area contributed by atoms with E-state index in [9.17, 15) is 4.79 Å². The second-order valence-electron chi connectivity index (χ2n) is 3.82. The van der Waals surface area contributed by atoms with Crippen LogP contribution in [0.15, 0.2) is 24.3 Å². The van der Waals surface area contributed by atoms with Crippen molar-refractivity contribution in [2.75, 3.05) is 18.4 Å². The third-order valence-electron chi connectivity index (χ3n) is 2.49. The Bertz CT molecular complexity index is 344. The Labute approximate surface area is 88.3 Å². The summed E-state index contributed by atoms with van der Waals surface area (Å²) in [6.45, 7) is 1.87. The highest BCUT2D eigenvalue weighted by molar-refractivity contribution is 5.90. The van der Waals surface area contributed by atoms with Crippen LogP contribution in [0.5, 0.6) is 5.75 Å². The summed E-state index contributed by atoms with van der Waals surface area (Å²) in [5, 5.41) is 15.0. The number of phenols is 1. The van der Waals surface area contributed by atoms with Gasteiger partial charge in [0.1, 0.15) is 5.75 Å². The summed E-state index contributed by atoms with van der Waals surface area (Å²) in [7, 11) is 0. The van der Waals surface area contributed by atoms with Gasteiger partial charge in [0.05, 0.1) is 0 Å². The number of hydrogen-bond acceptors (Lipinski definition) is 3. The Morgan fingerprint density at radius 1 is 1.40 bits per heavy atom. The number of carbonyl (C=O) groups is 1. The monoisotopic (exact) mass is 206 g/mol. The van der Waals surface area contributed by atoms with E-state index in [1.807, 2.05) is 0 Å². The molecule has 4 nitrogen and oxygen atoms in total. The lowest BCUT2D eigenvalue weighted by atomic mass is 9.99. The first-order valence-electron chi connectivity index (χ1n) is 5.03. The Kier molecular flexibility index (Phi) is 2.87. The molecule has 15 heavy (non-hydrogen) atoms. The van der Waals surface area contributed by atoms with Gasteiger partial charge >= 0.3 is 0 Å². The highest BCUT2D eigenvalue weighted by atomic mass is 16.3. The molecule has 1 aromatic rings. The van der Waals surface area contributed by atoms with Crippen LogP contribution in [0, 0.1) is 5.92 Å². The fraction of sp³-hybridized carbons (Fsp3) is 0.364. The summed E-state index contributed by atoms with van der Waals surface area (Å²) in [6.07, 6.45) is 0.563. The highest BCUT2D eigenvalue weighted by Gasteiger charge is 2.19. The number of benzene rings is 1. The zero-order chi connectivity index (χ0) is 10.7.